The van der Waals surface area contributed by atoms with Gasteiger partial charge in [-0.1, -0.05) is 0 Å². The van der Waals surface area contributed by atoms with Crippen LogP contribution in [0, 0.1) is 0 Å². The Bertz CT molecular complexity index is 613. The smallest absolute Gasteiger partial charge is 0.409 e. The van der Waals surface area contributed by atoms with E-state index < -0.39 is 27.7 Å². The van der Waals surface area contributed by atoms with Gasteiger partial charge < -0.3 is 20.3 Å². The number of carbonyl (C=O) groups is 3. The Morgan fingerprint density at radius 1 is 1.04 bits per heavy atom. The van der Waals surface area contributed by atoms with Crippen molar-refractivity contribution >= 4 is 27.7 Å². The minimum Gasteiger partial charge on any atom is -0.450 e. The SMILES string of the molecule is CCOC(=O)N1CCC(NC(=O)CC(=O)NC2CCS(=O)(=O)C2)CC1. The van der Waals surface area contributed by atoms with Crippen LogP contribution in [0.5, 0.6) is 0 Å². The minimum atomic E-state index is -3.07. The van der Waals surface area contributed by atoms with Gasteiger partial charge in [-0.2, -0.15) is 0 Å². The van der Waals surface area contributed by atoms with Crippen molar-refractivity contribution in [3.05, 3.63) is 0 Å². The average molecular weight is 375 g/mol. The minimum absolute atomic E-state index is 0.0628. The molecule has 2 saturated heterocycles. The molecule has 0 spiro atoms. The summed E-state index contributed by atoms with van der Waals surface area (Å²) in [5, 5.41) is 5.38. The standard InChI is InChI=1S/C15H25N3O6S/c1-2-24-15(21)18-6-3-11(4-7-18)16-13(19)9-14(20)17-12-5-8-25(22,23)10-12/h11-12H,2-10H2,1H3,(H,16,19)(H,17,20). The molecule has 2 N–H and O–H groups in total. The highest BCUT2D eigenvalue weighted by molar-refractivity contribution is 7.91. The maximum Gasteiger partial charge on any atom is 0.409 e. The van der Waals surface area contributed by atoms with Gasteiger partial charge >= 0.3 is 6.09 Å². The molecule has 1 unspecified atom stereocenters. The molecule has 0 aromatic carbocycles. The number of nitrogens with zero attached hydrogens (tertiary/aromatic N) is 1. The van der Waals surface area contributed by atoms with E-state index in [-0.39, 0.29) is 30.1 Å². The molecule has 0 bridgehead atoms. The highest BCUT2D eigenvalue weighted by Crippen LogP contribution is 2.13. The second kappa shape index (κ2) is 8.50. The lowest BCUT2D eigenvalue weighted by Gasteiger charge is -2.31. The Balaban J connectivity index is 1.67. The van der Waals surface area contributed by atoms with Crippen LogP contribution in [0.15, 0.2) is 0 Å². The van der Waals surface area contributed by atoms with Crippen molar-refractivity contribution in [3.8, 4) is 0 Å². The summed E-state index contributed by atoms with van der Waals surface area (Å²) >= 11 is 0. The highest BCUT2D eigenvalue weighted by atomic mass is 32.2. The van der Waals surface area contributed by atoms with Crippen molar-refractivity contribution in [2.24, 2.45) is 0 Å². The van der Waals surface area contributed by atoms with E-state index in [1.54, 1.807) is 11.8 Å². The van der Waals surface area contributed by atoms with Gasteiger partial charge in [0.25, 0.3) is 0 Å². The van der Waals surface area contributed by atoms with Crippen LogP contribution < -0.4 is 10.6 Å². The lowest BCUT2D eigenvalue weighted by Crippen LogP contribution is -2.47. The van der Waals surface area contributed by atoms with Crippen LogP contribution in [0.25, 0.3) is 0 Å². The summed E-state index contributed by atoms with van der Waals surface area (Å²) in [6, 6.07) is -0.490. The van der Waals surface area contributed by atoms with E-state index in [9.17, 15) is 22.8 Å². The molecule has 9 nitrogen and oxygen atoms in total. The fourth-order valence-electron chi connectivity index (χ4n) is 3.03. The third kappa shape index (κ3) is 6.18. The monoisotopic (exact) mass is 375 g/mol. The Morgan fingerprint density at radius 3 is 2.16 bits per heavy atom. The molecule has 10 heteroatoms. The van der Waals surface area contributed by atoms with Crippen LogP contribution in [0.3, 0.4) is 0 Å². The number of likely N-dealkylation sites (tertiary alicyclic amines) is 1. The van der Waals surface area contributed by atoms with E-state index in [1.807, 2.05) is 0 Å². The molecule has 25 heavy (non-hydrogen) atoms. The average Bonchev–Trinajstić information content (AvgIpc) is 2.86. The fraction of sp³-hybridized carbons (Fsp3) is 0.800. The van der Waals surface area contributed by atoms with Crippen molar-refractivity contribution in [1.82, 2.24) is 15.5 Å². The summed E-state index contributed by atoms with van der Waals surface area (Å²) in [5.41, 5.74) is 0. The first-order valence-electron chi connectivity index (χ1n) is 8.50. The molecule has 2 rings (SSSR count). The highest BCUT2D eigenvalue weighted by Gasteiger charge is 2.30. The Morgan fingerprint density at radius 2 is 1.64 bits per heavy atom. The third-order valence-corrected chi connectivity index (χ3v) is 6.07. The second-order valence-corrected chi connectivity index (χ2v) is 8.60. The summed E-state index contributed by atoms with van der Waals surface area (Å²) in [6.45, 7) is 3.07. The lowest BCUT2D eigenvalue weighted by atomic mass is 10.1. The molecular weight excluding hydrogens is 350 g/mol. The van der Waals surface area contributed by atoms with Gasteiger partial charge in [0.15, 0.2) is 9.84 Å². The maximum absolute atomic E-state index is 11.9. The molecule has 0 aromatic heterocycles. The molecule has 0 aliphatic carbocycles. The lowest BCUT2D eigenvalue weighted by molar-refractivity contribution is -0.130. The molecule has 2 aliphatic heterocycles. The molecular formula is C15H25N3O6S. The maximum atomic E-state index is 11.9. The van der Waals surface area contributed by atoms with E-state index in [0.717, 1.165) is 0 Å². The van der Waals surface area contributed by atoms with Crippen molar-refractivity contribution in [1.29, 1.82) is 0 Å². The summed E-state index contributed by atoms with van der Waals surface area (Å²) in [4.78, 5) is 37.0. The van der Waals surface area contributed by atoms with Gasteiger partial charge in [0.05, 0.1) is 18.1 Å². The summed E-state index contributed by atoms with van der Waals surface area (Å²) in [5.74, 6) is -0.855. The number of hydrogen-bond acceptors (Lipinski definition) is 6. The van der Waals surface area contributed by atoms with Crippen molar-refractivity contribution in [2.45, 2.75) is 44.7 Å². The Hall–Kier alpha value is -1.84. The molecule has 142 valence electrons. The van der Waals surface area contributed by atoms with Crippen molar-refractivity contribution in [3.63, 3.8) is 0 Å². The van der Waals surface area contributed by atoms with Gasteiger partial charge in [-0.05, 0) is 26.2 Å². The molecule has 2 fully saturated rings. The third-order valence-electron chi connectivity index (χ3n) is 4.30. The van der Waals surface area contributed by atoms with Crippen molar-refractivity contribution in [2.75, 3.05) is 31.2 Å². The van der Waals surface area contributed by atoms with Gasteiger partial charge in [0.1, 0.15) is 6.42 Å². The number of amides is 3. The number of piperidine rings is 1. The number of carbonyl (C=O) groups excluding carboxylic acids is 3. The first-order chi connectivity index (χ1) is 11.8. The van der Waals surface area contributed by atoms with Crippen LogP contribution in [0.2, 0.25) is 0 Å². The normalized spacial score (nSPS) is 23.1. The second-order valence-electron chi connectivity index (χ2n) is 6.37. The van der Waals surface area contributed by atoms with Crippen LogP contribution in [-0.2, 0) is 24.2 Å². The number of rotatable bonds is 5. The van der Waals surface area contributed by atoms with Crippen molar-refractivity contribution < 1.29 is 27.5 Å². The van der Waals surface area contributed by atoms with E-state index in [4.69, 9.17) is 4.74 Å². The number of ether oxygens (including phenoxy) is 1. The van der Waals surface area contributed by atoms with Crippen LogP contribution >= 0.6 is 0 Å². The zero-order chi connectivity index (χ0) is 18.4. The van der Waals surface area contributed by atoms with E-state index in [2.05, 4.69) is 10.6 Å². The van der Waals surface area contributed by atoms with Gasteiger partial charge in [0.2, 0.25) is 11.8 Å². The molecule has 1 atom stereocenters. The zero-order valence-corrected chi connectivity index (χ0v) is 15.1. The van der Waals surface area contributed by atoms with Crippen LogP contribution in [0.1, 0.15) is 32.6 Å². The van der Waals surface area contributed by atoms with Gasteiger partial charge in [-0.3, -0.25) is 9.59 Å². The van der Waals surface area contributed by atoms with Crippen LogP contribution in [-0.4, -0.2) is 74.5 Å². The van der Waals surface area contributed by atoms with E-state index in [1.165, 1.54) is 0 Å². The van der Waals surface area contributed by atoms with E-state index in [0.29, 0.717) is 39.0 Å². The first kappa shape index (κ1) is 19.5. The molecule has 0 saturated carbocycles. The van der Waals surface area contributed by atoms with Gasteiger partial charge in [-0.25, -0.2) is 13.2 Å². The molecule has 2 heterocycles. The number of sulfone groups is 1. The summed E-state index contributed by atoms with van der Waals surface area (Å²) in [6.07, 6.45) is 0.926. The first-order valence-corrected chi connectivity index (χ1v) is 10.3. The molecule has 0 aromatic rings. The quantitative estimate of drug-likeness (QED) is 0.620. The van der Waals surface area contributed by atoms with Crippen LogP contribution in [0.4, 0.5) is 4.79 Å². The predicted molar refractivity (Wildman–Crippen MR) is 89.6 cm³/mol. The summed E-state index contributed by atoms with van der Waals surface area (Å²) in [7, 11) is -3.07. The number of nitrogens with one attached hydrogen (secondary N) is 2. The molecule has 0 radical (unpaired) electrons. The topological polar surface area (TPSA) is 122 Å². The molecule has 2 aliphatic rings. The predicted octanol–water partition coefficient (Wildman–Crippen LogP) is -0.583. The van der Waals surface area contributed by atoms with Gasteiger partial charge in [0, 0.05) is 25.2 Å². The Kier molecular flexibility index (Phi) is 6.63. The summed E-state index contributed by atoms with van der Waals surface area (Å²) < 4.78 is 27.6. The largest absolute Gasteiger partial charge is 0.450 e. The fourth-order valence-corrected chi connectivity index (χ4v) is 4.71. The zero-order valence-electron chi connectivity index (χ0n) is 14.3. The number of hydrogen-bond donors (Lipinski definition) is 2. The van der Waals surface area contributed by atoms with E-state index >= 15 is 0 Å². The molecule has 3 amide bonds. The van der Waals surface area contributed by atoms with Gasteiger partial charge in [-0.15, -0.1) is 0 Å². The Labute approximate surface area is 147 Å².